The van der Waals surface area contributed by atoms with Gasteiger partial charge in [-0.25, -0.2) is 0 Å². The molecule has 1 fully saturated rings. The van der Waals surface area contributed by atoms with E-state index in [0.29, 0.717) is 18.6 Å². The third kappa shape index (κ3) is 3.90. The van der Waals surface area contributed by atoms with Gasteiger partial charge >= 0.3 is 0 Å². The van der Waals surface area contributed by atoms with Crippen LogP contribution in [-0.4, -0.2) is 35.2 Å². The minimum atomic E-state index is -0.186. The maximum Gasteiger partial charge on any atom is 0.0879 e. The highest BCUT2D eigenvalue weighted by Crippen LogP contribution is 2.19. The monoisotopic (exact) mass is 318 g/mol. The van der Waals surface area contributed by atoms with E-state index in [9.17, 15) is 0 Å². The van der Waals surface area contributed by atoms with E-state index >= 15 is 0 Å². The maximum atomic E-state index is 5.82. The van der Waals surface area contributed by atoms with Gasteiger partial charge in [-0.2, -0.15) is 0 Å². The highest BCUT2D eigenvalue weighted by molar-refractivity contribution is 14.1. The first-order valence-electron chi connectivity index (χ1n) is 4.58. The summed E-state index contributed by atoms with van der Waals surface area (Å²) in [7, 11) is 0. The van der Waals surface area contributed by atoms with Gasteiger partial charge in [0.15, 0.2) is 0 Å². The second kappa shape index (κ2) is 5.73. The Morgan fingerprint density at radius 2 is 2.46 bits per heavy atom. The average Bonchev–Trinajstić information content (AvgIpc) is 2.67. The molecule has 78 valence electrons. The summed E-state index contributed by atoms with van der Waals surface area (Å²) in [6, 6.07) is 0. The summed E-state index contributed by atoms with van der Waals surface area (Å²) in [4.78, 5) is 0. The van der Waals surface area contributed by atoms with Gasteiger partial charge in [-0.3, -0.25) is 0 Å². The molecule has 4 heteroatoms. The molecule has 0 aromatic carbocycles. The first kappa shape index (κ1) is 12.0. The Labute approximate surface area is 98.4 Å². The van der Waals surface area contributed by atoms with Crippen LogP contribution in [0.15, 0.2) is 0 Å². The van der Waals surface area contributed by atoms with Crippen molar-refractivity contribution in [2.75, 3.05) is 23.5 Å². The van der Waals surface area contributed by atoms with Crippen LogP contribution in [0.2, 0.25) is 0 Å². The summed E-state index contributed by atoms with van der Waals surface area (Å²) in [6.07, 6.45) is 2.58. The van der Waals surface area contributed by atoms with E-state index in [1.54, 1.807) is 0 Å². The molecular formula is C9H16ClIO2. The van der Waals surface area contributed by atoms with E-state index < -0.39 is 0 Å². The van der Waals surface area contributed by atoms with Gasteiger partial charge in [0.05, 0.1) is 24.2 Å². The zero-order valence-corrected chi connectivity index (χ0v) is 10.8. The zero-order chi connectivity index (χ0) is 9.73. The molecular weight excluding hydrogens is 302 g/mol. The van der Waals surface area contributed by atoms with Crippen molar-refractivity contribution in [3.05, 3.63) is 0 Å². The molecule has 1 aliphatic rings. The Hall–Kier alpha value is 0.940. The quantitative estimate of drug-likeness (QED) is 0.573. The maximum absolute atomic E-state index is 5.82. The third-order valence-electron chi connectivity index (χ3n) is 2.21. The highest BCUT2D eigenvalue weighted by Gasteiger charge is 2.25. The minimum absolute atomic E-state index is 0.186. The molecule has 1 rings (SSSR count). The third-order valence-corrected chi connectivity index (χ3v) is 4.39. The van der Waals surface area contributed by atoms with Gasteiger partial charge in [0.2, 0.25) is 0 Å². The molecule has 2 unspecified atom stereocenters. The second-order valence-corrected chi connectivity index (χ2v) is 4.69. The Balaban J connectivity index is 2.22. The van der Waals surface area contributed by atoms with Crippen LogP contribution in [-0.2, 0) is 9.47 Å². The molecule has 2 nitrogen and oxygen atoms in total. The van der Waals surface area contributed by atoms with Crippen LogP contribution in [0.1, 0.15) is 19.8 Å². The first-order chi connectivity index (χ1) is 6.20. The fraction of sp³-hybridized carbons (Fsp3) is 1.00. The van der Waals surface area contributed by atoms with Crippen LogP contribution in [0.25, 0.3) is 0 Å². The summed E-state index contributed by atoms with van der Waals surface area (Å²) in [5.74, 6) is 0.544. The van der Waals surface area contributed by atoms with Crippen LogP contribution in [0.5, 0.6) is 0 Å². The van der Waals surface area contributed by atoms with Gasteiger partial charge in [0.25, 0.3) is 0 Å². The molecule has 0 radical (unpaired) electrons. The fourth-order valence-corrected chi connectivity index (χ4v) is 2.16. The molecule has 0 bridgehead atoms. The molecule has 1 saturated heterocycles. The average molecular weight is 319 g/mol. The lowest BCUT2D eigenvalue weighted by Crippen LogP contribution is -2.35. The second-order valence-electron chi connectivity index (χ2n) is 3.66. The van der Waals surface area contributed by atoms with E-state index in [-0.39, 0.29) is 5.60 Å². The molecule has 1 aliphatic heterocycles. The lowest BCUT2D eigenvalue weighted by atomic mass is 10.2. The molecule has 1 heterocycles. The summed E-state index contributed by atoms with van der Waals surface area (Å²) in [6.45, 7) is 3.61. The predicted molar refractivity (Wildman–Crippen MR) is 62.9 cm³/mol. The molecule has 0 spiro atoms. The highest BCUT2D eigenvalue weighted by atomic mass is 127. The summed E-state index contributed by atoms with van der Waals surface area (Å²) in [5, 5.41) is 0. The molecule has 0 aromatic heterocycles. The standard InChI is InChI=1S/C9H16ClIO2/c1-9(6-10,7-11)13-5-8-3-2-4-12-8/h8H,2-7H2,1H3. The van der Waals surface area contributed by atoms with E-state index in [2.05, 4.69) is 22.6 Å². The zero-order valence-electron chi connectivity index (χ0n) is 7.89. The number of ether oxygens (including phenoxy) is 2. The number of hydrogen-bond acceptors (Lipinski definition) is 2. The molecule has 2 atom stereocenters. The van der Waals surface area contributed by atoms with Crippen LogP contribution in [0.4, 0.5) is 0 Å². The fourth-order valence-electron chi connectivity index (χ4n) is 1.18. The number of rotatable bonds is 5. The van der Waals surface area contributed by atoms with Gasteiger partial charge in [-0.15, -0.1) is 11.6 Å². The minimum Gasteiger partial charge on any atom is -0.376 e. The number of halogens is 2. The van der Waals surface area contributed by atoms with E-state index in [1.807, 2.05) is 6.92 Å². The smallest absolute Gasteiger partial charge is 0.0879 e. The van der Waals surface area contributed by atoms with Gasteiger partial charge < -0.3 is 9.47 Å². The summed E-state index contributed by atoms with van der Waals surface area (Å²) < 4.78 is 12.1. The van der Waals surface area contributed by atoms with Gasteiger partial charge in [-0.05, 0) is 19.8 Å². The van der Waals surface area contributed by atoms with Crippen molar-refractivity contribution >= 4 is 34.2 Å². The Morgan fingerprint density at radius 1 is 1.69 bits per heavy atom. The van der Waals surface area contributed by atoms with Crippen molar-refractivity contribution in [3.63, 3.8) is 0 Å². The van der Waals surface area contributed by atoms with Crippen LogP contribution in [0, 0.1) is 0 Å². The molecule has 0 saturated carbocycles. The molecule has 13 heavy (non-hydrogen) atoms. The molecule has 0 N–H and O–H groups in total. The Kier molecular flexibility index (Phi) is 5.30. The first-order valence-corrected chi connectivity index (χ1v) is 6.64. The van der Waals surface area contributed by atoms with Crippen LogP contribution < -0.4 is 0 Å². The molecule has 0 aliphatic carbocycles. The summed E-state index contributed by atoms with van der Waals surface area (Å²) in [5.41, 5.74) is -0.186. The number of alkyl halides is 2. The number of hydrogen-bond donors (Lipinski definition) is 0. The van der Waals surface area contributed by atoms with E-state index in [4.69, 9.17) is 21.1 Å². The van der Waals surface area contributed by atoms with Gasteiger partial charge in [0, 0.05) is 11.0 Å². The normalized spacial score (nSPS) is 27.5. The van der Waals surface area contributed by atoms with Crippen molar-refractivity contribution < 1.29 is 9.47 Å². The van der Waals surface area contributed by atoms with E-state index in [0.717, 1.165) is 23.9 Å². The van der Waals surface area contributed by atoms with Gasteiger partial charge in [0.1, 0.15) is 0 Å². The van der Waals surface area contributed by atoms with Crippen LogP contribution in [0.3, 0.4) is 0 Å². The van der Waals surface area contributed by atoms with Gasteiger partial charge in [-0.1, -0.05) is 22.6 Å². The topological polar surface area (TPSA) is 18.5 Å². The van der Waals surface area contributed by atoms with Crippen molar-refractivity contribution in [2.24, 2.45) is 0 Å². The largest absolute Gasteiger partial charge is 0.376 e. The van der Waals surface area contributed by atoms with Crippen LogP contribution >= 0.6 is 34.2 Å². The molecule has 0 amide bonds. The Bertz CT molecular complexity index is 145. The van der Waals surface area contributed by atoms with E-state index in [1.165, 1.54) is 0 Å². The van der Waals surface area contributed by atoms with Crippen molar-refractivity contribution in [1.82, 2.24) is 0 Å². The van der Waals surface area contributed by atoms with Crippen molar-refractivity contribution in [3.8, 4) is 0 Å². The summed E-state index contributed by atoms with van der Waals surface area (Å²) >= 11 is 8.13. The predicted octanol–water partition coefficient (Wildman–Crippen LogP) is 2.61. The molecule has 0 aromatic rings. The lowest BCUT2D eigenvalue weighted by Gasteiger charge is -2.26. The SMILES string of the molecule is CC(CCl)(CI)OCC1CCCO1. The lowest BCUT2D eigenvalue weighted by molar-refractivity contribution is -0.0495. The van der Waals surface area contributed by atoms with Crippen molar-refractivity contribution in [1.29, 1.82) is 0 Å². The Morgan fingerprint density at radius 3 is 2.92 bits per heavy atom. The van der Waals surface area contributed by atoms with Crippen molar-refractivity contribution in [2.45, 2.75) is 31.5 Å².